The molecule has 0 unspecified atom stereocenters. The summed E-state index contributed by atoms with van der Waals surface area (Å²) in [7, 11) is -3.94. The number of para-hydroxylation sites is 2. The second kappa shape index (κ2) is 7.86. The molecule has 0 saturated carbocycles. The predicted octanol–water partition coefficient (Wildman–Crippen LogP) is 2.95. The van der Waals surface area contributed by atoms with E-state index in [1.807, 2.05) is 0 Å². The second-order valence-electron chi connectivity index (χ2n) is 5.92. The highest BCUT2D eigenvalue weighted by Crippen LogP contribution is 2.28. The van der Waals surface area contributed by atoms with Crippen LogP contribution in [-0.2, 0) is 21.4 Å². The van der Waals surface area contributed by atoms with Gasteiger partial charge in [-0.2, -0.15) is 8.78 Å². The number of nitrogens with one attached hydrogen (secondary N) is 1. The number of fused-ring (bicyclic) bond motifs is 1. The Morgan fingerprint density at radius 1 is 1.29 bits per heavy atom. The number of imidazole rings is 1. The number of hydrogen-bond donors (Lipinski definition) is 2. The molecule has 3 aromatic rings. The maximum atomic E-state index is 12.8. The highest BCUT2D eigenvalue weighted by molar-refractivity contribution is 7.99. The maximum Gasteiger partial charge on any atom is 0.291 e. The van der Waals surface area contributed by atoms with Crippen LogP contribution < -0.4 is 10.5 Å². The van der Waals surface area contributed by atoms with Gasteiger partial charge in [0, 0.05) is 5.69 Å². The average Bonchev–Trinajstić information content (AvgIpc) is 2.92. The van der Waals surface area contributed by atoms with E-state index >= 15 is 0 Å². The van der Waals surface area contributed by atoms with Gasteiger partial charge in [0.2, 0.25) is 15.9 Å². The summed E-state index contributed by atoms with van der Waals surface area (Å²) in [6, 6.07) is 11.1. The van der Waals surface area contributed by atoms with E-state index in [9.17, 15) is 22.0 Å². The van der Waals surface area contributed by atoms with Crippen molar-refractivity contribution in [3.05, 3.63) is 48.0 Å². The molecule has 1 amide bonds. The molecule has 11 heteroatoms. The van der Waals surface area contributed by atoms with Crippen molar-refractivity contribution >= 4 is 44.4 Å². The van der Waals surface area contributed by atoms with Crippen molar-refractivity contribution < 1.29 is 22.0 Å². The first kappa shape index (κ1) is 20.2. The number of nitrogens with zero attached hydrogens (tertiary/aromatic N) is 2. The van der Waals surface area contributed by atoms with Gasteiger partial charge in [0.25, 0.3) is 5.76 Å². The molecule has 0 radical (unpaired) electrons. The van der Waals surface area contributed by atoms with Gasteiger partial charge < -0.3 is 9.88 Å². The van der Waals surface area contributed by atoms with Crippen LogP contribution in [0.4, 0.5) is 14.5 Å². The first-order valence-electron chi connectivity index (χ1n) is 7.98. The largest absolute Gasteiger partial charge is 0.324 e. The number of benzene rings is 2. The summed E-state index contributed by atoms with van der Waals surface area (Å²) >= 11 is 0.250. The Kier molecular flexibility index (Phi) is 5.68. The molecule has 148 valence electrons. The van der Waals surface area contributed by atoms with E-state index in [0.29, 0.717) is 16.6 Å². The number of carbonyl (C=O) groups is 1. The fourth-order valence-electron chi connectivity index (χ4n) is 2.70. The van der Waals surface area contributed by atoms with Crippen LogP contribution in [0.5, 0.6) is 0 Å². The summed E-state index contributed by atoms with van der Waals surface area (Å²) in [5.41, 5.74) is 1.70. The van der Waals surface area contributed by atoms with E-state index in [0.717, 1.165) is 0 Å². The first-order chi connectivity index (χ1) is 13.1. The minimum absolute atomic E-state index is 0.0143. The molecule has 0 spiro atoms. The smallest absolute Gasteiger partial charge is 0.291 e. The maximum absolute atomic E-state index is 12.8. The number of halogens is 2. The number of thioether (sulfide) groups is 1. The molecule has 0 aliphatic carbocycles. The number of primary sulfonamides is 1. The zero-order chi connectivity index (χ0) is 20.5. The number of hydrogen-bond acceptors (Lipinski definition) is 5. The average molecular weight is 426 g/mol. The van der Waals surface area contributed by atoms with Gasteiger partial charge in [0.05, 0.1) is 15.9 Å². The van der Waals surface area contributed by atoms with E-state index in [1.54, 1.807) is 31.2 Å². The van der Waals surface area contributed by atoms with Gasteiger partial charge in [0.15, 0.2) is 5.16 Å². The molecule has 3 N–H and O–H groups in total. The fourth-order valence-corrected chi connectivity index (χ4v) is 4.11. The van der Waals surface area contributed by atoms with E-state index in [2.05, 4.69) is 10.3 Å². The molecule has 0 atom stereocenters. The van der Waals surface area contributed by atoms with Crippen LogP contribution >= 0.6 is 11.8 Å². The second-order valence-corrected chi connectivity index (χ2v) is 8.41. The van der Waals surface area contributed by atoms with E-state index in [4.69, 9.17) is 5.14 Å². The lowest BCUT2D eigenvalue weighted by Gasteiger charge is -2.11. The molecule has 3 rings (SSSR count). The minimum atomic E-state index is -3.94. The van der Waals surface area contributed by atoms with Gasteiger partial charge >= 0.3 is 0 Å². The van der Waals surface area contributed by atoms with Crippen molar-refractivity contribution in [2.75, 3.05) is 5.32 Å². The molecule has 28 heavy (non-hydrogen) atoms. The molecule has 7 nitrogen and oxygen atoms in total. The van der Waals surface area contributed by atoms with Crippen LogP contribution in [-0.4, -0.2) is 29.6 Å². The van der Waals surface area contributed by atoms with Gasteiger partial charge in [-0.05, 0) is 48.5 Å². The highest BCUT2D eigenvalue weighted by Gasteiger charge is 2.18. The molecular formula is C17H16F2N4O3S2. The zero-order valence-corrected chi connectivity index (χ0v) is 16.2. The third-order valence-corrected chi connectivity index (χ3v) is 5.65. The Labute approximate surface area is 164 Å². The minimum Gasteiger partial charge on any atom is -0.324 e. The van der Waals surface area contributed by atoms with Crippen LogP contribution in [0.1, 0.15) is 5.56 Å². The zero-order valence-electron chi connectivity index (χ0n) is 14.6. The van der Waals surface area contributed by atoms with E-state index in [-0.39, 0.29) is 34.0 Å². The Morgan fingerprint density at radius 3 is 2.68 bits per heavy atom. The molecule has 0 fully saturated rings. The summed E-state index contributed by atoms with van der Waals surface area (Å²) in [5, 5.41) is 7.74. The summed E-state index contributed by atoms with van der Waals surface area (Å²) < 4.78 is 50.3. The number of anilines is 1. The monoisotopic (exact) mass is 426 g/mol. The van der Waals surface area contributed by atoms with E-state index in [1.165, 1.54) is 22.8 Å². The molecule has 0 bridgehead atoms. The predicted molar refractivity (Wildman–Crippen MR) is 103 cm³/mol. The lowest BCUT2D eigenvalue weighted by Crippen LogP contribution is -2.20. The van der Waals surface area contributed by atoms with Crippen molar-refractivity contribution in [3.8, 4) is 0 Å². The van der Waals surface area contributed by atoms with Gasteiger partial charge in [-0.25, -0.2) is 18.5 Å². The number of sulfonamides is 1. The molecule has 0 aliphatic heterocycles. The first-order valence-corrected chi connectivity index (χ1v) is 10.4. The Bertz CT molecular complexity index is 1150. The molecular weight excluding hydrogens is 410 g/mol. The molecule has 0 saturated heterocycles. The van der Waals surface area contributed by atoms with Gasteiger partial charge in [0.1, 0.15) is 6.54 Å². The fraction of sp³-hybridized carbons (Fsp3) is 0.176. The molecule has 1 heterocycles. The van der Waals surface area contributed by atoms with Crippen molar-refractivity contribution in [2.24, 2.45) is 5.14 Å². The lowest BCUT2D eigenvalue weighted by molar-refractivity contribution is -0.116. The number of nitrogens with two attached hydrogens (primary N) is 1. The summed E-state index contributed by atoms with van der Waals surface area (Å²) in [5.74, 6) is -3.21. The number of amides is 1. The number of aryl methyl sites for hydroxylation is 1. The lowest BCUT2D eigenvalue weighted by atomic mass is 10.2. The van der Waals surface area contributed by atoms with Crippen LogP contribution in [0, 0.1) is 6.92 Å². The van der Waals surface area contributed by atoms with Crippen molar-refractivity contribution in [2.45, 2.75) is 29.3 Å². The topological polar surface area (TPSA) is 107 Å². The van der Waals surface area contributed by atoms with Crippen LogP contribution in [0.2, 0.25) is 0 Å². The van der Waals surface area contributed by atoms with Gasteiger partial charge in [-0.15, -0.1) is 0 Å². The number of carbonyl (C=O) groups excluding carboxylic acids is 1. The normalized spacial score (nSPS) is 11.9. The number of rotatable bonds is 6. The Morgan fingerprint density at radius 2 is 2.00 bits per heavy atom. The molecule has 0 aliphatic rings. The molecule has 2 aromatic carbocycles. The van der Waals surface area contributed by atoms with Gasteiger partial charge in [-0.3, -0.25) is 4.79 Å². The standard InChI is InChI=1S/C17H16F2N4O3S2/c1-10-6-7-11(8-14(10)28(20,25)26)21-15(24)9-23-13-5-3-2-4-12(13)22-17(23)27-16(18)19/h2-8,16H,9H2,1H3,(H,21,24)(H2,20,25,26). The third kappa shape index (κ3) is 4.49. The van der Waals surface area contributed by atoms with Crippen LogP contribution in [0.3, 0.4) is 0 Å². The summed E-state index contributed by atoms with van der Waals surface area (Å²) in [6.45, 7) is 1.31. The SMILES string of the molecule is Cc1ccc(NC(=O)Cn2c(SC(F)F)nc3ccccc32)cc1S(N)(=O)=O. The summed E-state index contributed by atoms with van der Waals surface area (Å²) in [6.07, 6.45) is 0. The van der Waals surface area contributed by atoms with Crippen molar-refractivity contribution in [3.63, 3.8) is 0 Å². The van der Waals surface area contributed by atoms with Crippen molar-refractivity contribution in [1.29, 1.82) is 0 Å². The summed E-state index contributed by atoms with van der Waals surface area (Å²) in [4.78, 5) is 16.5. The van der Waals surface area contributed by atoms with Gasteiger partial charge in [-0.1, -0.05) is 18.2 Å². The number of alkyl halides is 2. The quantitative estimate of drug-likeness (QED) is 0.590. The van der Waals surface area contributed by atoms with Crippen LogP contribution in [0.25, 0.3) is 11.0 Å². The van der Waals surface area contributed by atoms with E-state index < -0.39 is 21.7 Å². The highest BCUT2D eigenvalue weighted by atomic mass is 32.2. The third-order valence-electron chi connectivity index (χ3n) is 3.89. The number of aromatic nitrogens is 2. The Balaban J connectivity index is 1.88. The van der Waals surface area contributed by atoms with Crippen molar-refractivity contribution in [1.82, 2.24) is 9.55 Å². The Hall–Kier alpha value is -2.50. The van der Waals surface area contributed by atoms with Crippen LogP contribution in [0.15, 0.2) is 52.5 Å². The molecule has 1 aromatic heterocycles.